The number of amidine groups is 1. The third-order valence-corrected chi connectivity index (χ3v) is 6.24. The number of nitrogens with one attached hydrogen (secondary N) is 2. The molecular weight excluding hydrogens is 459 g/mol. The lowest BCUT2D eigenvalue weighted by atomic mass is 9.95. The molecule has 0 aliphatic rings. The van der Waals surface area contributed by atoms with Gasteiger partial charge in [0.1, 0.15) is 11.7 Å². The van der Waals surface area contributed by atoms with Gasteiger partial charge in [0, 0.05) is 24.0 Å². The third kappa shape index (κ3) is 5.77. The molecule has 0 saturated carbocycles. The number of para-hydroxylation sites is 1. The summed E-state index contributed by atoms with van der Waals surface area (Å²) in [6.45, 7) is 4.11. The largest absolute Gasteiger partial charge is 0.321 e. The van der Waals surface area contributed by atoms with E-state index in [4.69, 9.17) is 18.2 Å². The van der Waals surface area contributed by atoms with Crippen LogP contribution in [0.2, 0.25) is 0 Å². The molecule has 0 fully saturated rings. The molecule has 2 N–H and O–H groups in total. The average Bonchev–Trinajstić information content (AvgIpc) is 2.91. The van der Waals surface area contributed by atoms with Gasteiger partial charge in [-0.2, -0.15) is 0 Å². The number of rotatable bonds is 8. The van der Waals surface area contributed by atoms with E-state index < -0.39 is 5.81 Å². The summed E-state index contributed by atoms with van der Waals surface area (Å²) >= 11 is 0. The number of benzene rings is 3. The van der Waals surface area contributed by atoms with Crippen molar-refractivity contribution < 1.29 is 4.79 Å². The van der Waals surface area contributed by atoms with E-state index >= 15 is 0 Å². The topological polar surface area (TPSA) is 87.8 Å². The molecule has 1 aromatic heterocycles. The van der Waals surface area contributed by atoms with Crippen molar-refractivity contribution in [2.45, 2.75) is 39.5 Å². The zero-order valence-electron chi connectivity index (χ0n) is 21.1. The summed E-state index contributed by atoms with van der Waals surface area (Å²) in [6.07, 6.45) is 2.78. The van der Waals surface area contributed by atoms with E-state index in [1.807, 2.05) is 79.7 Å². The molecule has 0 unspecified atom stereocenters. The highest BCUT2D eigenvalue weighted by molar-refractivity contribution is 6.58. The standard InChI is InChI=1S/C30H29BN4O2/c1-3-10-26-25(29(36)35(27(4-2)33-26)22-11-6-5-7-12-22)19-20-15-17-21(18-16-20)23-13-8-9-14-24(23)28(32)34-30(31)37/h5-9,11-18H,3-4,10,19H2,1-2H3,(H2,32,34,37). The second kappa shape index (κ2) is 11.7. The van der Waals surface area contributed by atoms with E-state index in [0.29, 0.717) is 24.0 Å². The first-order valence-corrected chi connectivity index (χ1v) is 12.5. The summed E-state index contributed by atoms with van der Waals surface area (Å²) in [5, 5.41) is 10.5. The van der Waals surface area contributed by atoms with Crippen LogP contribution in [0.5, 0.6) is 0 Å². The molecule has 0 bridgehead atoms. The molecule has 0 atom stereocenters. The lowest BCUT2D eigenvalue weighted by Gasteiger charge is -2.17. The Morgan fingerprint density at radius 2 is 1.65 bits per heavy atom. The molecule has 0 spiro atoms. The lowest BCUT2D eigenvalue weighted by Crippen LogP contribution is -2.29. The minimum atomic E-state index is -0.776. The van der Waals surface area contributed by atoms with Crippen LogP contribution in [-0.4, -0.2) is 29.0 Å². The average molecular weight is 488 g/mol. The van der Waals surface area contributed by atoms with Crippen molar-refractivity contribution in [1.82, 2.24) is 14.9 Å². The van der Waals surface area contributed by atoms with Gasteiger partial charge in [-0.3, -0.25) is 19.6 Å². The molecule has 37 heavy (non-hydrogen) atoms. The second-order valence-electron chi connectivity index (χ2n) is 8.82. The van der Waals surface area contributed by atoms with Crippen LogP contribution in [0, 0.1) is 5.41 Å². The first-order chi connectivity index (χ1) is 17.9. The number of nitrogens with zero attached hydrogens (tertiary/aromatic N) is 2. The van der Waals surface area contributed by atoms with E-state index in [2.05, 4.69) is 12.2 Å². The van der Waals surface area contributed by atoms with Crippen LogP contribution in [0.3, 0.4) is 0 Å². The predicted molar refractivity (Wildman–Crippen MR) is 149 cm³/mol. The van der Waals surface area contributed by atoms with Crippen molar-refractivity contribution in [3.05, 3.63) is 117 Å². The molecule has 4 rings (SSSR count). The molecule has 0 aliphatic heterocycles. The number of carbonyl (C=O) groups is 1. The highest BCUT2D eigenvalue weighted by Gasteiger charge is 2.17. The van der Waals surface area contributed by atoms with Crippen molar-refractivity contribution in [2.24, 2.45) is 0 Å². The Balaban J connectivity index is 1.72. The van der Waals surface area contributed by atoms with Gasteiger partial charge in [0.2, 0.25) is 7.85 Å². The number of hydrogen-bond donors (Lipinski definition) is 2. The highest BCUT2D eigenvalue weighted by Crippen LogP contribution is 2.25. The molecule has 2 radical (unpaired) electrons. The van der Waals surface area contributed by atoms with Crippen LogP contribution in [0.15, 0.2) is 83.7 Å². The van der Waals surface area contributed by atoms with Gasteiger partial charge in [0.05, 0.1) is 11.4 Å². The molecule has 1 amide bonds. The number of hydrogen-bond acceptors (Lipinski definition) is 4. The first-order valence-electron chi connectivity index (χ1n) is 12.5. The summed E-state index contributed by atoms with van der Waals surface area (Å²) in [5.74, 6) is -0.0656. The Hall–Kier alpha value is -4.26. The summed E-state index contributed by atoms with van der Waals surface area (Å²) < 4.78 is 1.73. The summed E-state index contributed by atoms with van der Waals surface area (Å²) in [4.78, 5) is 30.0. The van der Waals surface area contributed by atoms with Crippen LogP contribution in [0.25, 0.3) is 16.8 Å². The molecule has 184 valence electrons. The van der Waals surface area contributed by atoms with E-state index in [-0.39, 0.29) is 11.4 Å². The predicted octanol–water partition coefficient (Wildman–Crippen LogP) is 5.21. The van der Waals surface area contributed by atoms with Crippen LogP contribution < -0.4 is 10.9 Å². The van der Waals surface area contributed by atoms with Gasteiger partial charge < -0.3 is 5.32 Å². The van der Waals surface area contributed by atoms with Crippen molar-refractivity contribution >= 4 is 19.5 Å². The zero-order valence-corrected chi connectivity index (χ0v) is 21.1. The van der Waals surface area contributed by atoms with E-state index in [1.165, 1.54) is 0 Å². The van der Waals surface area contributed by atoms with Crippen LogP contribution in [0.1, 0.15) is 48.5 Å². The second-order valence-corrected chi connectivity index (χ2v) is 8.82. The molecule has 0 aliphatic carbocycles. The number of carbonyl (C=O) groups excluding carboxylic acids is 1. The van der Waals surface area contributed by atoms with E-state index in [0.717, 1.165) is 46.7 Å². The van der Waals surface area contributed by atoms with Gasteiger partial charge in [-0.25, -0.2) is 4.98 Å². The fourth-order valence-electron chi connectivity index (χ4n) is 4.50. The van der Waals surface area contributed by atoms with Crippen molar-refractivity contribution in [2.75, 3.05) is 0 Å². The van der Waals surface area contributed by atoms with Crippen molar-refractivity contribution in [1.29, 1.82) is 5.41 Å². The van der Waals surface area contributed by atoms with E-state index in [9.17, 15) is 9.59 Å². The molecule has 4 aromatic rings. The van der Waals surface area contributed by atoms with Gasteiger partial charge >= 0.3 is 0 Å². The maximum atomic E-state index is 13.8. The smallest absolute Gasteiger partial charge is 0.261 e. The minimum Gasteiger partial charge on any atom is -0.321 e. The molecule has 7 heteroatoms. The lowest BCUT2D eigenvalue weighted by molar-refractivity contribution is 0.263. The maximum absolute atomic E-state index is 13.8. The van der Waals surface area contributed by atoms with Gasteiger partial charge in [-0.05, 0) is 35.2 Å². The minimum absolute atomic E-state index is 0.0260. The quantitative estimate of drug-likeness (QED) is 0.203. The van der Waals surface area contributed by atoms with E-state index in [1.54, 1.807) is 10.6 Å². The summed E-state index contributed by atoms with van der Waals surface area (Å²) in [5.41, 5.74) is 5.63. The van der Waals surface area contributed by atoms with Crippen molar-refractivity contribution in [3.8, 4) is 16.8 Å². The normalized spacial score (nSPS) is 10.8. The van der Waals surface area contributed by atoms with Crippen LogP contribution in [-0.2, 0) is 19.3 Å². The Kier molecular flexibility index (Phi) is 8.13. The van der Waals surface area contributed by atoms with Gasteiger partial charge in [-0.1, -0.05) is 87.0 Å². The molecule has 6 nitrogen and oxygen atoms in total. The van der Waals surface area contributed by atoms with Gasteiger partial charge in [-0.15, -0.1) is 0 Å². The Labute approximate surface area is 218 Å². The fraction of sp³-hybridized carbons (Fsp3) is 0.200. The zero-order chi connectivity index (χ0) is 26.4. The van der Waals surface area contributed by atoms with Gasteiger partial charge in [0.25, 0.3) is 5.56 Å². The highest BCUT2D eigenvalue weighted by atomic mass is 16.1. The third-order valence-electron chi connectivity index (χ3n) is 6.24. The van der Waals surface area contributed by atoms with Crippen LogP contribution >= 0.6 is 0 Å². The SMILES string of the molecule is [B]C(=O)NC(=N)c1ccccc1-c1ccc(Cc2c(CCC)nc(CC)n(-c3ccccc3)c2=O)cc1. The van der Waals surface area contributed by atoms with Crippen molar-refractivity contribution in [3.63, 3.8) is 0 Å². The number of aromatic nitrogens is 2. The van der Waals surface area contributed by atoms with Gasteiger partial charge in [0.15, 0.2) is 5.81 Å². The number of amides is 1. The molecular formula is C30H29BN4O2. The summed E-state index contributed by atoms with van der Waals surface area (Å²) in [6, 6.07) is 24.9. The summed E-state index contributed by atoms with van der Waals surface area (Å²) in [7, 11) is 5.20. The maximum Gasteiger partial charge on any atom is 0.261 e. The number of aryl methyl sites for hydroxylation is 2. The Bertz CT molecular complexity index is 1480. The molecule has 0 saturated heterocycles. The monoisotopic (exact) mass is 488 g/mol. The molecule has 3 aromatic carbocycles. The first kappa shape index (κ1) is 25.8. The fourth-order valence-corrected chi connectivity index (χ4v) is 4.50. The molecule has 1 heterocycles. The van der Waals surface area contributed by atoms with Crippen LogP contribution in [0.4, 0.5) is 4.79 Å². The Morgan fingerprint density at radius 3 is 2.30 bits per heavy atom. The Morgan fingerprint density at radius 1 is 0.973 bits per heavy atom.